The zero-order valence-electron chi connectivity index (χ0n) is 20.8. The summed E-state index contributed by atoms with van der Waals surface area (Å²) in [6.45, 7) is 4.59. The van der Waals surface area contributed by atoms with Crippen molar-refractivity contribution in [2.75, 3.05) is 24.6 Å². The molecular formula is C29H30N4O3S. The monoisotopic (exact) mass is 514 g/mol. The molecule has 0 aliphatic carbocycles. The van der Waals surface area contributed by atoms with Crippen LogP contribution < -0.4 is 15.0 Å². The number of carbonyl (C=O) groups is 1. The Morgan fingerprint density at radius 3 is 2.43 bits per heavy atom. The lowest BCUT2D eigenvalue weighted by molar-refractivity contribution is 0.0532. The Morgan fingerprint density at radius 1 is 1.00 bits per heavy atom. The number of hydrogen-bond donors (Lipinski definition) is 1. The Kier molecular flexibility index (Phi) is 8.08. The van der Waals surface area contributed by atoms with Gasteiger partial charge >= 0.3 is 5.97 Å². The fourth-order valence-electron chi connectivity index (χ4n) is 4.31. The van der Waals surface area contributed by atoms with Crippen LogP contribution in [0.3, 0.4) is 0 Å². The standard InChI is InChI=1S/C29H30N4O3S/c1-2-35-29(34)26-27(32-28(37-26)25-10-6-7-17-30-25)33-18-15-22(16-19-33)31-20-21-11-13-24(14-12-21)36-23-8-4-3-5-9-23/h3-14,17,22,31H,2,15-16,18-20H2,1H3. The van der Waals surface area contributed by atoms with Gasteiger partial charge < -0.3 is 19.7 Å². The number of benzene rings is 2. The van der Waals surface area contributed by atoms with Crippen molar-refractivity contribution >= 4 is 23.1 Å². The first kappa shape index (κ1) is 24.9. The number of aromatic nitrogens is 2. The minimum absolute atomic E-state index is 0.322. The third-order valence-electron chi connectivity index (χ3n) is 6.25. The van der Waals surface area contributed by atoms with Crippen LogP contribution in [0.5, 0.6) is 11.5 Å². The number of esters is 1. The van der Waals surface area contributed by atoms with Crippen LogP contribution in [0.4, 0.5) is 5.82 Å². The Bertz CT molecular complexity index is 1290. The van der Waals surface area contributed by atoms with Gasteiger partial charge in [-0.2, -0.15) is 0 Å². The van der Waals surface area contributed by atoms with E-state index in [0.29, 0.717) is 23.3 Å². The largest absolute Gasteiger partial charge is 0.462 e. The molecule has 1 aliphatic rings. The molecule has 0 unspecified atom stereocenters. The quantitative estimate of drug-likeness (QED) is 0.277. The van der Waals surface area contributed by atoms with Crippen molar-refractivity contribution in [2.45, 2.75) is 32.4 Å². The van der Waals surface area contributed by atoms with Crippen molar-refractivity contribution < 1.29 is 14.3 Å². The highest BCUT2D eigenvalue weighted by Gasteiger charge is 2.28. The normalized spacial score (nSPS) is 13.9. The maximum atomic E-state index is 12.7. The van der Waals surface area contributed by atoms with E-state index in [1.165, 1.54) is 16.9 Å². The molecule has 2 aromatic carbocycles. The van der Waals surface area contributed by atoms with E-state index >= 15 is 0 Å². The number of hydrogen-bond acceptors (Lipinski definition) is 8. The van der Waals surface area contributed by atoms with Crippen molar-refractivity contribution in [1.29, 1.82) is 0 Å². The van der Waals surface area contributed by atoms with Crippen molar-refractivity contribution in [1.82, 2.24) is 15.3 Å². The molecule has 0 radical (unpaired) electrons. The Labute approximate surface area is 221 Å². The second-order valence-corrected chi connectivity index (χ2v) is 9.81. The summed E-state index contributed by atoms with van der Waals surface area (Å²) in [7, 11) is 0. The van der Waals surface area contributed by atoms with Crippen LogP contribution in [0.15, 0.2) is 79.0 Å². The molecule has 1 N–H and O–H groups in total. The summed E-state index contributed by atoms with van der Waals surface area (Å²) < 4.78 is 11.2. The zero-order chi connectivity index (χ0) is 25.5. The molecule has 1 saturated heterocycles. The molecule has 190 valence electrons. The molecule has 4 aromatic rings. The van der Waals surface area contributed by atoms with Crippen LogP contribution in [0.1, 0.15) is 35.0 Å². The maximum Gasteiger partial charge on any atom is 0.352 e. The predicted molar refractivity (Wildman–Crippen MR) is 146 cm³/mol. The third-order valence-corrected chi connectivity index (χ3v) is 7.29. The number of carbonyl (C=O) groups excluding carboxylic acids is 1. The molecule has 1 aliphatic heterocycles. The Morgan fingerprint density at radius 2 is 1.73 bits per heavy atom. The summed E-state index contributed by atoms with van der Waals surface area (Å²) in [6, 6.07) is 24.1. The lowest BCUT2D eigenvalue weighted by atomic mass is 10.0. The number of thiazole rings is 1. The maximum absolute atomic E-state index is 12.7. The van der Waals surface area contributed by atoms with Gasteiger partial charge in [0.2, 0.25) is 0 Å². The van der Waals surface area contributed by atoms with Crippen LogP contribution in [-0.2, 0) is 11.3 Å². The van der Waals surface area contributed by atoms with Crippen molar-refractivity contribution in [3.05, 3.63) is 89.4 Å². The van der Waals surface area contributed by atoms with E-state index in [2.05, 4.69) is 27.3 Å². The molecule has 0 atom stereocenters. The molecule has 0 amide bonds. The number of piperidine rings is 1. The van der Waals surface area contributed by atoms with E-state index in [1.807, 2.05) is 67.6 Å². The number of nitrogens with one attached hydrogen (secondary N) is 1. The van der Waals surface area contributed by atoms with Crippen LogP contribution in [0.2, 0.25) is 0 Å². The van der Waals surface area contributed by atoms with Gasteiger partial charge in [0, 0.05) is 31.9 Å². The molecule has 0 bridgehead atoms. The van der Waals surface area contributed by atoms with E-state index in [4.69, 9.17) is 14.5 Å². The summed E-state index contributed by atoms with van der Waals surface area (Å²) in [5.74, 6) is 2.04. The zero-order valence-corrected chi connectivity index (χ0v) is 21.6. The number of para-hydroxylation sites is 1. The van der Waals surface area contributed by atoms with Gasteiger partial charge in [-0.05, 0) is 61.7 Å². The molecule has 7 nitrogen and oxygen atoms in total. The van der Waals surface area contributed by atoms with Gasteiger partial charge in [0.15, 0.2) is 10.7 Å². The fourth-order valence-corrected chi connectivity index (χ4v) is 5.27. The molecule has 8 heteroatoms. The SMILES string of the molecule is CCOC(=O)c1sc(-c2ccccn2)nc1N1CCC(NCc2ccc(Oc3ccccc3)cc2)CC1. The van der Waals surface area contributed by atoms with E-state index in [1.54, 1.807) is 6.20 Å². The third kappa shape index (κ3) is 6.34. The van der Waals surface area contributed by atoms with Crippen LogP contribution in [0.25, 0.3) is 10.7 Å². The summed E-state index contributed by atoms with van der Waals surface area (Å²) in [5, 5.41) is 4.42. The van der Waals surface area contributed by atoms with E-state index in [-0.39, 0.29) is 5.97 Å². The number of anilines is 1. The Hall–Kier alpha value is -3.75. The van der Waals surface area contributed by atoms with E-state index in [0.717, 1.165) is 54.7 Å². The Balaban J connectivity index is 1.17. The molecule has 37 heavy (non-hydrogen) atoms. The van der Waals surface area contributed by atoms with Gasteiger partial charge in [0.05, 0.1) is 12.3 Å². The highest BCUT2D eigenvalue weighted by molar-refractivity contribution is 7.17. The topological polar surface area (TPSA) is 76.6 Å². The molecule has 1 fully saturated rings. The summed E-state index contributed by atoms with van der Waals surface area (Å²) in [5.41, 5.74) is 1.98. The van der Waals surface area contributed by atoms with Crippen molar-refractivity contribution in [2.24, 2.45) is 0 Å². The second-order valence-electron chi connectivity index (χ2n) is 8.81. The number of ether oxygens (including phenoxy) is 2. The van der Waals surface area contributed by atoms with E-state index < -0.39 is 0 Å². The number of pyridine rings is 1. The molecule has 3 heterocycles. The highest BCUT2D eigenvalue weighted by atomic mass is 32.1. The minimum atomic E-state index is -0.322. The average molecular weight is 515 g/mol. The molecule has 0 saturated carbocycles. The van der Waals surface area contributed by atoms with Crippen molar-refractivity contribution in [3.8, 4) is 22.2 Å². The van der Waals surface area contributed by atoms with Crippen LogP contribution >= 0.6 is 11.3 Å². The first-order valence-corrected chi connectivity index (χ1v) is 13.4. The average Bonchev–Trinajstić information content (AvgIpc) is 3.40. The molecular weight excluding hydrogens is 484 g/mol. The van der Waals surface area contributed by atoms with Gasteiger partial charge in [0.25, 0.3) is 0 Å². The van der Waals surface area contributed by atoms with Gasteiger partial charge in [-0.25, -0.2) is 9.78 Å². The summed E-state index contributed by atoms with van der Waals surface area (Å²) in [6.07, 6.45) is 3.67. The minimum Gasteiger partial charge on any atom is -0.462 e. The van der Waals surface area contributed by atoms with Gasteiger partial charge in [-0.15, -0.1) is 11.3 Å². The van der Waals surface area contributed by atoms with Crippen LogP contribution in [-0.4, -0.2) is 41.7 Å². The second kappa shape index (κ2) is 12.0. The predicted octanol–water partition coefficient (Wildman–Crippen LogP) is 5.93. The lowest BCUT2D eigenvalue weighted by Crippen LogP contribution is -2.42. The fraction of sp³-hybridized carbons (Fsp3) is 0.276. The molecule has 0 spiro atoms. The number of rotatable bonds is 9. The summed E-state index contributed by atoms with van der Waals surface area (Å²) >= 11 is 1.35. The van der Waals surface area contributed by atoms with Crippen molar-refractivity contribution in [3.63, 3.8) is 0 Å². The first-order valence-electron chi connectivity index (χ1n) is 12.6. The van der Waals surface area contributed by atoms with Gasteiger partial charge in [-0.1, -0.05) is 36.4 Å². The highest BCUT2D eigenvalue weighted by Crippen LogP contribution is 2.34. The van der Waals surface area contributed by atoms with Crippen LogP contribution in [0, 0.1) is 0 Å². The van der Waals surface area contributed by atoms with E-state index in [9.17, 15) is 4.79 Å². The van der Waals surface area contributed by atoms with Gasteiger partial charge in [0.1, 0.15) is 16.5 Å². The number of nitrogens with zero attached hydrogens (tertiary/aromatic N) is 3. The van der Waals surface area contributed by atoms with Gasteiger partial charge in [-0.3, -0.25) is 4.98 Å². The molecule has 5 rings (SSSR count). The molecule has 2 aromatic heterocycles. The lowest BCUT2D eigenvalue weighted by Gasteiger charge is -2.33. The first-order chi connectivity index (χ1) is 18.2. The summed E-state index contributed by atoms with van der Waals surface area (Å²) in [4.78, 5) is 24.6. The smallest absolute Gasteiger partial charge is 0.352 e.